The third kappa shape index (κ3) is 4.35. The molecule has 0 spiro atoms. The molecule has 1 aromatic heterocycles. The van der Waals surface area contributed by atoms with Gasteiger partial charge in [0, 0.05) is 39.1 Å². The Kier molecular flexibility index (Phi) is 4.97. The summed E-state index contributed by atoms with van der Waals surface area (Å²) in [5.41, 5.74) is 2.63. The summed E-state index contributed by atoms with van der Waals surface area (Å²) >= 11 is 0. The number of hydrogen-bond donors (Lipinski definition) is 0. The molecule has 7 nitrogen and oxygen atoms in total. The summed E-state index contributed by atoms with van der Waals surface area (Å²) in [5, 5.41) is 10.9. The largest absolute Gasteiger partial charge is 0.340 e. The predicted molar refractivity (Wildman–Crippen MR) is 85.5 cm³/mol. The molecule has 3 rings (SSSR count). The molecule has 1 fully saturated rings. The van der Waals surface area contributed by atoms with Crippen LogP contribution in [0.5, 0.6) is 0 Å². The van der Waals surface area contributed by atoms with Crippen LogP contribution in [0.1, 0.15) is 17.5 Å². The zero-order valence-corrected chi connectivity index (χ0v) is 13.4. The molecular weight excluding hydrogens is 292 g/mol. The summed E-state index contributed by atoms with van der Waals surface area (Å²) in [4.78, 5) is 16.6. The number of aromatic nitrogens is 4. The summed E-state index contributed by atoms with van der Waals surface area (Å²) in [6.07, 6.45) is 1.98. The molecule has 0 aliphatic carbocycles. The van der Waals surface area contributed by atoms with Gasteiger partial charge in [0.1, 0.15) is 6.33 Å². The topological polar surface area (TPSA) is 67.2 Å². The van der Waals surface area contributed by atoms with Crippen LogP contribution in [0.15, 0.2) is 30.6 Å². The second kappa shape index (κ2) is 7.32. The lowest BCUT2D eigenvalue weighted by Gasteiger charge is -2.34. The fourth-order valence-corrected chi connectivity index (χ4v) is 2.88. The molecule has 23 heavy (non-hydrogen) atoms. The molecule has 0 unspecified atom stereocenters. The number of hydrogen-bond acceptors (Lipinski definition) is 5. The Morgan fingerprint density at radius 1 is 1.22 bits per heavy atom. The van der Waals surface area contributed by atoms with Crippen LogP contribution in [0, 0.1) is 6.92 Å². The van der Waals surface area contributed by atoms with Gasteiger partial charge in [-0.2, -0.15) is 0 Å². The molecule has 1 aliphatic heterocycles. The van der Waals surface area contributed by atoms with E-state index in [0.717, 1.165) is 32.7 Å². The van der Waals surface area contributed by atoms with Crippen LogP contribution in [-0.4, -0.2) is 62.1 Å². The second-order valence-corrected chi connectivity index (χ2v) is 5.97. The molecule has 0 N–H and O–H groups in total. The van der Waals surface area contributed by atoms with Gasteiger partial charge in [0.05, 0.1) is 6.54 Å². The van der Waals surface area contributed by atoms with Crippen molar-refractivity contribution in [2.75, 3.05) is 26.2 Å². The minimum Gasteiger partial charge on any atom is -0.340 e. The van der Waals surface area contributed by atoms with Gasteiger partial charge in [0.2, 0.25) is 5.91 Å². The van der Waals surface area contributed by atoms with Crippen molar-refractivity contribution < 1.29 is 4.79 Å². The Hall–Kier alpha value is -2.28. The molecule has 0 saturated carbocycles. The van der Waals surface area contributed by atoms with Crippen molar-refractivity contribution in [3.8, 4) is 0 Å². The summed E-state index contributed by atoms with van der Waals surface area (Å²) in [5.74, 6) is 0.177. The summed E-state index contributed by atoms with van der Waals surface area (Å²) in [6, 6.07) is 8.61. The van der Waals surface area contributed by atoms with E-state index in [9.17, 15) is 4.79 Å². The number of carbonyl (C=O) groups is 1. The number of nitrogens with zero attached hydrogens (tertiary/aromatic N) is 6. The standard InChI is InChI=1S/C16H22N6O/c1-14-3-2-4-15(11-14)12-20-7-9-21(10-8-20)16(23)5-6-22-13-17-18-19-22/h2-4,11,13H,5-10,12H2,1H3. The van der Waals surface area contributed by atoms with Crippen molar-refractivity contribution in [2.45, 2.75) is 26.4 Å². The van der Waals surface area contributed by atoms with Crippen molar-refractivity contribution in [3.05, 3.63) is 41.7 Å². The first-order valence-corrected chi connectivity index (χ1v) is 7.97. The molecule has 1 aromatic carbocycles. The summed E-state index contributed by atoms with van der Waals surface area (Å²) in [6.45, 7) is 7.03. The van der Waals surface area contributed by atoms with Crippen LogP contribution >= 0.6 is 0 Å². The molecule has 7 heteroatoms. The highest BCUT2D eigenvalue weighted by Crippen LogP contribution is 2.11. The first kappa shape index (κ1) is 15.6. The van der Waals surface area contributed by atoms with Crippen LogP contribution in [-0.2, 0) is 17.9 Å². The van der Waals surface area contributed by atoms with E-state index < -0.39 is 0 Å². The third-order valence-corrected chi connectivity index (χ3v) is 4.16. The van der Waals surface area contributed by atoms with E-state index in [2.05, 4.69) is 51.6 Å². The van der Waals surface area contributed by atoms with Gasteiger partial charge in [-0.3, -0.25) is 9.69 Å². The third-order valence-electron chi connectivity index (χ3n) is 4.16. The van der Waals surface area contributed by atoms with Gasteiger partial charge in [-0.05, 0) is 22.9 Å². The zero-order valence-electron chi connectivity index (χ0n) is 13.4. The van der Waals surface area contributed by atoms with Gasteiger partial charge in [0.25, 0.3) is 0 Å². The maximum Gasteiger partial charge on any atom is 0.224 e. The molecule has 1 saturated heterocycles. The number of rotatable bonds is 5. The van der Waals surface area contributed by atoms with Gasteiger partial charge in [-0.1, -0.05) is 29.8 Å². The average molecular weight is 314 g/mol. The Balaban J connectivity index is 1.43. The summed E-state index contributed by atoms with van der Waals surface area (Å²) in [7, 11) is 0. The van der Waals surface area contributed by atoms with Crippen LogP contribution < -0.4 is 0 Å². The van der Waals surface area contributed by atoms with Crippen molar-refractivity contribution in [2.24, 2.45) is 0 Å². The lowest BCUT2D eigenvalue weighted by Crippen LogP contribution is -2.48. The molecule has 1 amide bonds. The minimum atomic E-state index is 0.177. The monoisotopic (exact) mass is 314 g/mol. The Labute approximate surface area is 135 Å². The maximum atomic E-state index is 12.2. The van der Waals surface area contributed by atoms with Gasteiger partial charge in [-0.25, -0.2) is 4.68 Å². The number of benzene rings is 1. The number of tetrazole rings is 1. The molecule has 0 bridgehead atoms. The van der Waals surface area contributed by atoms with E-state index in [4.69, 9.17) is 0 Å². The maximum absolute atomic E-state index is 12.2. The van der Waals surface area contributed by atoms with Crippen molar-refractivity contribution in [1.29, 1.82) is 0 Å². The van der Waals surface area contributed by atoms with Crippen molar-refractivity contribution in [3.63, 3.8) is 0 Å². The minimum absolute atomic E-state index is 0.177. The molecule has 122 valence electrons. The summed E-state index contributed by atoms with van der Waals surface area (Å²) < 4.78 is 1.59. The number of piperazine rings is 1. The average Bonchev–Trinajstić information content (AvgIpc) is 3.07. The lowest BCUT2D eigenvalue weighted by molar-refractivity contribution is -0.133. The molecule has 2 aromatic rings. The second-order valence-electron chi connectivity index (χ2n) is 5.97. The van der Waals surface area contributed by atoms with Crippen LogP contribution in [0.4, 0.5) is 0 Å². The van der Waals surface area contributed by atoms with Crippen molar-refractivity contribution >= 4 is 5.91 Å². The molecule has 0 radical (unpaired) electrons. The Bertz CT molecular complexity index is 634. The van der Waals surface area contributed by atoms with Gasteiger partial charge in [-0.15, -0.1) is 5.10 Å². The fourth-order valence-electron chi connectivity index (χ4n) is 2.88. The van der Waals surface area contributed by atoms with E-state index in [0.29, 0.717) is 13.0 Å². The van der Waals surface area contributed by atoms with E-state index in [1.54, 1.807) is 4.68 Å². The smallest absolute Gasteiger partial charge is 0.224 e. The van der Waals surface area contributed by atoms with Gasteiger partial charge in [0.15, 0.2) is 0 Å². The highest BCUT2D eigenvalue weighted by Gasteiger charge is 2.20. The Morgan fingerprint density at radius 2 is 2.04 bits per heavy atom. The lowest BCUT2D eigenvalue weighted by atomic mass is 10.1. The molecule has 2 heterocycles. The highest BCUT2D eigenvalue weighted by atomic mass is 16.2. The number of carbonyl (C=O) groups excluding carboxylic acids is 1. The van der Waals surface area contributed by atoms with Crippen LogP contribution in [0.3, 0.4) is 0 Å². The molecule has 1 aliphatic rings. The zero-order chi connectivity index (χ0) is 16.1. The Morgan fingerprint density at radius 3 is 2.74 bits per heavy atom. The quantitative estimate of drug-likeness (QED) is 0.813. The predicted octanol–water partition coefficient (Wildman–Crippen LogP) is 0.716. The first-order chi connectivity index (χ1) is 11.2. The van der Waals surface area contributed by atoms with Crippen molar-refractivity contribution in [1.82, 2.24) is 30.0 Å². The SMILES string of the molecule is Cc1cccc(CN2CCN(C(=O)CCn3cnnn3)CC2)c1. The van der Waals surface area contributed by atoms with Gasteiger partial charge >= 0.3 is 0 Å². The highest BCUT2D eigenvalue weighted by molar-refractivity contribution is 5.76. The molecular formula is C16H22N6O. The van der Waals surface area contributed by atoms with Crippen LogP contribution in [0.25, 0.3) is 0 Å². The van der Waals surface area contributed by atoms with E-state index in [1.807, 2.05) is 4.90 Å². The molecule has 0 atom stereocenters. The van der Waals surface area contributed by atoms with E-state index >= 15 is 0 Å². The van der Waals surface area contributed by atoms with E-state index in [-0.39, 0.29) is 5.91 Å². The number of amides is 1. The van der Waals surface area contributed by atoms with Crippen LogP contribution in [0.2, 0.25) is 0 Å². The first-order valence-electron chi connectivity index (χ1n) is 7.97. The number of aryl methyl sites for hydroxylation is 2. The fraction of sp³-hybridized carbons (Fsp3) is 0.500. The van der Waals surface area contributed by atoms with Gasteiger partial charge < -0.3 is 4.90 Å². The normalized spacial score (nSPS) is 15.8. The van der Waals surface area contributed by atoms with E-state index in [1.165, 1.54) is 17.5 Å².